The Labute approximate surface area is 153 Å². The van der Waals surface area contributed by atoms with E-state index in [0.29, 0.717) is 18.7 Å². The van der Waals surface area contributed by atoms with Gasteiger partial charge in [-0.05, 0) is 56.2 Å². The van der Waals surface area contributed by atoms with Crippen LogP contribution in [0.4, 0.5) is 5.69 Å². The fourth-order valence-electron chi connectivity index (χ4n) is 2.91. The molecule has 0 aromatic heterocycles. The second kappa shape index (κ2) is 7.37. The lowest BCUT2D eigenvalue weighted by molar-refractivity contribution is -0.123. The molecule has 0 fully saturated rings. The maximum absolute atomic E-state index is 12.9. The molecule has 2 aromatic carbocycles. The molecule has 0 radical (unpaired) electrons. The highest BCUT2D eigenvalue weighted by Crippen LogP contribution is 2.32. The first-order valence-electron chi connectivity index (χ1n) is 8.51. The Balaban J connectivity index is 1.71. The number of anilines is 1. The van der Waals surface area contributed by atoms with Gasteiger partial charge in [-0.3, -0.25) is 9.10 Å². The largest absolute Gasteiger partial charge is 0.484 e. The van der Waals surface area contributed by atoms with Crippen LogP contribution in [0.2, 0.25) is 0 Å². The molecule has 0 bridgehead atoms. The zero-order valence-corrected chi connectivity index (χ0v) is 15.6. The first-order valence-corrected chi connectivity index (χ1v) is 9.95. The van der Waals surface area contributed by atoms with Gasteiger partial charge in [0, 0.05) is 12.6 Å². The summed E-state index contributed by atoms with van der Waals surface area (Å²) in [6.45, 7) is 4.07. The van der Waals surface area contributed by atoms with Crippen molar-refractivity contribution in [2.75, 3.05) is 17.5 Å². The van der Waals surface area contributed by atoms with Gasteiger partial charge in [0.15, 0.2) is 6.61 Å². The first-order chi connectivity index (χ1) is 12.4. The molecule has 0 atom stereocenters. The molecule has 0 spiro atoms. The van der Waals surface area contributed by atoms with Crippen molar-refractivity contribution in [3.63, 3.8) is 0 Å². The third-order valence-corrected chi connectivity index (χ3v) is 5.90. The van der Waals surface area contributed by atoms with Gasteiger partial charge in [-0.15, -0.1) is 0 Å². The van der Waals surface area contributed by atoms with Crippen LogP contribution in [0, 0.1) is 0 Å². The second-order valence-corrected chi connectivity index (χ2v) is 8.30. The Kier molecular flexibility index (Phi) is 5.18. The number of carbonyl (C=O) groups is 1. The molecule has 2 aromatic rings. The molecule has 26 heavy (non-hydrogen) atoms. The summed E-state index contributed by atoms with van der Waals surface area (Å²) < 4.78 is 32.7. The lowest BCUT2D eigenvalue weighted by Gasteiger charge is -2.19. The minimum atomic E-state index is -3.62. The molecule has 7 heteroatoms. The Morgan fingerprint density at radius 3 is 2.54 bits per heavy atom. The molecule has 1 amide bonds. The summed E-state index contributed by atoms with van der Waals surface area (Å²) in [5.41, 5.74) is 1.77. The van der Waals surface area contributed by atoms with Gasteiger partial charge >= 0.3 is 0 Å². The first kappa shape index (κ1) is 18.3. The van der Waals surface area contributed by atoms with E-state index in [1.54, 1.807) is 12.1 Å². The zero-order valence-electron chi connectivity index (χ0n) is 14.8. The minimum Gasteiger partial charge on any atom is -0.484 e. The number of hydrogen-bond donors (Lipinski definition) is 1. The second-order valence-electron chi connectivity index (χ2n) is 6.44. The van der Waals surface area contributed by atoms with E-state index < -0.39 is 10.0 Å². The number of ether oxygens (including phenoxy) is 1. The molecular weight excluding hydrogens is 352 g/mol. The predicted octanol–water partition coefficient (Wildman–Crippen LogP) is 2.34. The zero-order chi connectivity index (χ0) is 18.7. The van der Waals surface area contributed by atoms with Crippen molar-refractivity contribution < 1.29 is 17.9 Å². The highest BCUT2D eigenvalue weighted by atomic mass is 32.2. The number of nitrogens with zero attached hydrogens (tertiary/aromatic N) is 1. The van der Waals surface area contributed by atoms with Crippen molar-refractivity contribution in [2.45, 2.75) is 31.2 Å². The average Bonchev–Trinajstić information content (AvgIpc) is 3.04. The van der Waals surface area contributed by atoms with E-state index in [1.807, 2.05) is 38.1 Å². The number of sulfonamides is 1. The fourth-order valence-corrected chi connectivity index (χ4v) is 4.41. The third kappa shape index (κ3) is 3.83. The number of hydrogen-bond acceptors (Lipinski definition) is 4. The Hall–Kier alpha value is -2.54. The van der Waals surface area contributed by atoms with Gasteiger partial charge in [0.05, 0.1) is 10.6 Å². The summed E-state index contributed by atoms with van der Waals surface area (Å²) in [6, 6.07) is 13.7. The van der Waals surface area contributed by atoms with Crippen molar-refractivity contribution in [2.24, 2.45) is 0 Å². The van der Waals surface area contributed by atoms with Crippen LogP contribution < -0.4 is 14.4 Å². The maximum atomic E-state index is 12.9. The number of para-hydroxylation sites is 1. The molecule has 0 saturated carbocycles. The van der Waals surface area contributed by atoms with Gasteiger partial charge in [-0.25, -0.2) is 8.42 Å². The van der Waals surface area contributed by atoms with Crippen LogP contribution in [-0.4, -0.2) is 33.5 Å². The van der Waals surface area contributed by atoms with Gasteiger partial charge in [0.25, 0.3) is 15.9 Å². The van der Waals surface area contributed by atoms with Gasteiger partial charge in [-0.2, -0.15) is 0 Å². The van der Waals surface area contributed by atoms with E-state index in [2.05, 4.69) is 5.32 Å². The standard InChI is InChI=1S/C19H22N2O4S/c1-14(2)20-19(22)13-25-16-7-9-17(10-8-16)26(23,24)21-12-11-15-5-3-4-6-18(15)21/h3-10,14H,11-13H2,1-2H3,(H,20,22). The van der Waals surface area contributed by atoms with Gasteiger partial charge in [0.2, 0.25) is 0 Å². The van der Waals surface area contributed by atoms with Crippen LogP contribution >= 0.6 is 0 Å². The number of rotatable bonds is 6. The van der Waals surface area contributed by atoms with E-state index in [9.17, 15) is 13.2 Å². The SMILES string of the molecule is CC(C)NC(=O)COc1ccc(S(=O)(=O)N2CCc3ccccc32)cc1. The lowest BCUT2D eigenvalue weighted by atomic mass is 10.2. The molecule has 0 unspecified atom stereocenters. The van der Waals surface area contributed by atoms with Crippen LogP contribution in [0.15, 0.2) is 53.4 Å². The number of nitrogens with one attached hydrogen (secondary N) is 1. The van der Waals surface area contributed by atoms with Crippen molar-refractivity contribution >= 4 is 21.6 Å². The molecule has 3 rings (SSSR count). The summed E-state index contributed by atoms with van der Waals surface area (Å²) in [7, 11) is -3.62. The third-order valence-electron chi connectivity index (χ3n) is 4.08. The minimum absolute atomic E-state index is 0.0435. The molecule has 1 heterocycles. The van der Waals surface area contributed by atoms with Crippen molar-refractivity contribution in [1.82, 2.24) is 5.32 Å². The molecular formula is C19H22N2O4S. The fraction of sp³-hybridized carbons (Fsp3) is 0.316. The van der Waals surface area contributed by atoms with Gasteiger partial charge in [0.1, 0.15) is 5.75 Å². The van der Waals surface area contributed by atoms with Gasteiger partial charge in [-0.1, -0.05) is 18.2 Å². The van der Waals surface area contributed by atoms with Crippen LogP contribution in [0.3, 0.4) is 0 Å². The topological polar surface area (TPSA) is 75.7 Å². The maximum Gasteiger partial charge on any atom is 0.264 e. The lowest BCUT2D eigenvalue weighted by Crippen LogP contribution is -2.34. The molecule has 1 aliphatic rings. The summed E-state index contributed by atoms with van der Waals surface area (Å²) >= 11 is 0. The van der Waals surface area contributed by atoms with Crippen LogP contribution in [0.1, 0.15) is 19.4 Å². The van der Waals surface area contributed by atoms with E-state index in [1.165, 1.54) is 16.4 Å². The molecule has 6 nitrogen and oxygen atoms in total. The summed E-state index contributed by atoms with van der Waals surface area (Å²) in [4.78, 5) is 11.8. The number of fused-ring (bicyclic) bond motifs is 1. The van der Waals surface area contributed by atoms with E-state index in [4.69, 9.17) is 4.74 Å². The van der Waals surface area contributed by atoms with Crippen molar-refractivity contribution in [3.05, 3.63) is 54.1 Å². The van der Waals surface area contributed by atoms with E-state index >= 15 is 0 Å². The average molecular weight is 374 g/mol. The Morgan fingerprint density at radius 1 is 1.15 bits per heavy atom. The van der Waals surface area contributed by atoms with Crippen LogP contribution in [-0.2, 0) is 21.2 Å². The highest BCUT2D eigenvalue weighted by Gasteiger charge is 2.30. The Morgan fingerprint density at radius 2 is 1.85 bits per heavy atom. The van der Waals surface area contributed by atoms with Crippen LogP contribution in [0.5, 0.6) is 5.75 Å². The van der Waals surface area contributed by atoms with Crippen molar-refractivity contribution in [3.8, 4) is 5.75 Å². The summed E-state index contributed by atoms with van der Waals surface area (Å²) in [5.74, 6) is 0.232. The van der Waals surface area contributed by atoms with Gasteiger partial charge < -0.3 is 10.1 Å². The number of amides is 1. The van der Waals surface area contributed by atoms with E-state index in [-0.39, 0.29) is 23.5 Å². The molecule has 1 N–H and O–H groups in total. The van der Waals surface area contributed by atoms with Crippen LogP contribution in [0.25, 0.3) is 0 Å². The number of benzene rings is 2. The highest BCUT2D eigenvalue weighted by molar-refractivity contribution is 7.92. The smallest absolute Gasteiger partial charge is 0.264 e. The normalized spacial score (nSPS) is 13.6. The van der Waals surface area contributed by atoms with Crippen molar-refractivity contribution in [1.29, 1.82) is 0 Å². The molecule has 138 valence electrons. The predicted molar refractivity (Wildman–Crippen MR) is 99.9 cm³/mol. The molecule has 1 aliphatic heterocycles. The molecule has 0 saturated heterocycles. The molecule has 0 aliphatic carbocycles. The quantitative estimate of drug-likeness (QED) is 0.842. The summed E-state index contributed by atoms with van der Waals surface area (Å²) in [5, 5.41) is 2.73. The summed E-state index contributed by atoms with van der Waals surface area (Å²) in [6.07, 6.45) is 0.710. The van der Waals surface area contributed by atoms with E-state index in [0.717, 1.165) is 11.3 Å². The monoisotopic (exact) mass is 374 g/mol. The Bertz CT molecular complexity index is 892. The number of carbonyl (C=O) groups excluding carboxylic acids is 1.